The molecule has 3 N–H and O–H groups in total. The fourth-order valence-electron chi connectivity index (χ4n) is 1.97. The molecule has 0 aliphatic heterocycles. The first-order valence-electron chi connectivity index (χ1n) is 6.51. The summed E-state index contributed by atoms with van der Waals surface area (Å²) in [6.07, 6.45) is 0. The minimum atomic E-state index is -0.169. The molecule has 0 aliphatic carbocycles. The van der Waals surface area contributed by atoms with Gasteiger partial charge in [0.1, 0.15) is 5.75 Å². The van der Waals surface area contributed by atoms with Gasteiger partial charge in [-0.2, -0.15) is 0 Å². The van der Waals surface area contributed by atoms with Crippen LogP contribution in [0.2, 0.25) is 0 Å². The predicted molar refractivity (Wildman–Crippen MR) is 87.4 cm³/mol. The molecule has 0 saturated heterocycles. The fraction of sp³-hybridized carbons (Fsp3) is 0.188. The van der Waals surface area contributed by atoms with E-state index in [1.54, 1.807) is 25.3 Å². The summed E-state index contributed by atoms with van der Waals surface area (Å²) in [5, 5.41) is 2.95. The average Bonchev–Trinajstić information content (AvgIpc) is 2.49. The fourth-order valence-corrected chi connectivity index (χ4v) is 2.39. The molecule has 0 spiro atoms. The van der Waals surface area contributed by atoms with Crippen LogP contribution in [0, 0.1) is 0 Å². The van der Waals surface area contributed by atoms with Crippen molar-refractivity contribution in [2.75, 3.05) is 12.8 Å². The predicted octanol–water partition coefficient (Wildman–Crippen LogP) is 3.53. The molecule has 21 heavy (non-hydrogen) atoms. The van der Waals surface area contributed by atoms with Gasteiger partial charge in [-0.05, 0) is 58.7 Å². The van der Waals surface area contributed by atoms with Crippen molar-refractivity contribution in [2.45, 2.75) is 13.0 Å². The number of benzene rings is 2. The van der Waals surface area contributed by atoms with Gasteiger partial charge in [-0.25, -0.2) is 0 Å². The SMILES string of the molecule is COc1ccc([C@H](C)NC(=O)c2cc(N)ccc2Br)cc1. The maximum atomic E-state index is 12.3. The normalized spacial score (nSPS) is 11.8. The molecule has 0 heterocycles. The number of halogens is 1. The number of methoxy groups -OCH3 is 1. The van der Waals surface area contributed by atoms with Crippen LogP contribution in [-0.2, 0) is 0 Å². The van der Waals surface area contributed by atoms with Gasteiger partial charge in [-0.15, -0.1) is 0 Å². The number of hydrogen-bond donors (Lipinski definition) is 2. The van der Waals surface area contributed by atoms with Crippen LogP contribution in [0.4, 0.5) is 5.69 Å². The Balaban J connectivity index is 2.12. The number of nitrogen functional groups attached to an aromatic ring is 1. The molecule has 1 amide bonds. The molecule has 110 valence electrons. The van der Waals surface area contributed by atoms with Crippen LogP contribution in [0.15, 0.2) is 46.9 Å². The zero-order valence-electron chi connectivity index (χ0n) is 11.9. The van der Waals surface area contributed by atoms with Crippen molar-refractivity contribution in [1.29, 1.82) is 0 Å². The van der Waals surface area contributed by atoms with Crippen LogP contribution >= 0.6 is 15.9 Å². The quantitative estimate of drug-likeness (QED) is 0.830. The van der Waals surface area contributed by atoms with Crippen molar-refractivity contribution in [3.05, 3.63) is 58.1 Å². The largest absolute Gasteiger partial charge is 0.497 e. The van der Waals surface area contributed by atoms with Crippen LogP contribution in [0.25, 0.3) is 0 Å². The van der Waals surface area contributed by atoms with Gasteiger partial charge in [-0.3, -0.25) is 4.79 Å². The first kappa shape index (κ1) is 15.4. The zero-order chi connectivity index (χ0) is 15.4. The third-order valence-corrected chi connectivity index (χ3v) is 3.89. The molecule has 2 rings (SSSR count). The molecule has 0 bridgehead atoms. The lowest BCUT2D eigenvalue weighted by atomic mass is 10.1. The lowest BCUT2D eigenvalue weighted by Gasteiger charge is -2.15. The first-order valence-corrected chi connectivity index (χ1v) is 7.30. The summed E-state index contributed by atoms with van der Waals surface area (Å²) in [6.45, 7) is 1.93. The van der Waals surface area contributed by atoms with Crippen molar-refractivity contribution in [3.8, 4) is 5.75 Å². The first-order chi connectivity index (χ1) is 10.0. The van der Waals surface area contributed by atoms with Gasteiger partial charge in [0.05, 0.1) is 18.7 Å². The van der Waals surface area contributed by atoms with Gasteiger partial charge in [0.2, 0.25) is 0 Å². The highest BCUT2D eigenvalue weighted by molar-refractivity contribution is 9.10. The zero-order valence-corrected chi connectivity index (χ0v) is 13.5. The van der Waals surface area contributed by atoms with Crippen LogP contribution in [0.5, 0.6) is 5.75 Å². The van der Waals surface area contributed by atoms with Crippen molar-refractivity contribution in [2.24, 2.45) is 0 Å². The van der Waals surface area contributed by atoms with Crippen molar-refractivity contribution < 1.29 is 9.53 Å². The van der Waals surface area contributed by atoms with Gasteiger partial charge in [0, 0.05) is 10.2 Å². The Bertz CT molecular complexity index is 641. The number of carbonyl (C=O) groups is 1. The second-order valence-corrected chi connectivity index (χ2v) is 5.56. The molecule has 0 unspecified atom stereocenters. The van der Waals surface area contributed by atoms with Crippen LogP contribution in [-0.4, -0.2) is 13.0 Å². The Kier molecular flexibility index (Phi) is 4.85. The van der Waals surface area contributed by atoms with E-state index >= 15 is 0 Å². The maximum Gasteiger partial charge on any atom is 0.252 e. The summed E-state index contributed by atoms with van der Waals surface area (Å²) in [7, 11) is 1.62. The third kappa shape index (κ3) is 3.76. The molecule has 0 saturated carbocycles. The van der Waals surface area contributed by atoms with Gasteiger partial charge >= 0.3 is 0 Å². The van der Waals surface area contributed by atoms with E-state index in [1.165, 1.54) is 0 Å². The molecule has 0 fully saturated rings. The Morgan fingerprint density at radius 3 is 2.52 bits per heavy atom. The topological polar surface area (TPSA) is 64.3 Å². The molecule has 4 nitrogen and oxygen atoms in total. The lowest BCUT2D eigenvalue weighted by Crippen LogP contribution is -2.27. The van der Waals surface area contributed by atoms with E-state index in [1.807, 2.05) is 31.2 Å². The van der Waals surface area contributed by atoms with E-state index in [0.717, 1.165) is 15.8 Å². The molecular weight excluding hydrogens is 332 g/mol. The standard InChI is InChI=1S/C16H17BrN2O2/c1-10(11-3-6-13(21-2)7-4-11)19-16(20)14-9-12(18)5-8-15(14)17/h3-10H,18H2,1-2H3,(H,19,20)/t10-/m0/s1. The summed E-state index contributed by atoms with van der Waals surface area (Å²) in [5.41, 5.74) is 7.81. The van der Waals surface area contributed by atoms with Crippen LogP contribution in [0.3, 0.4) is 0 Å². The van der Waals surface area contributed by atoms with Crippen molar-refractivity contribution in [3.63, 3.8) is 0 Å². The molecule has 5 heteroatoms. The van der Waals surface area contributed by atoms with E-state index in [9.17, 15) is 4.79 Å². The van der Waals surface area contributed by atoms with Gasteiger partial charge in [0.15, 0.2) is 0 Å². The average molecular weight is 349 g/mol. The van der Waals surface area contributed by atoms with Gasteiger partial charge in [-0.1, -0.05) is 12.1 Å². The Labute approximate surface area is 132 Å². The van der Waals surface area contributed by atoms with E-state index < -0.39 is 0 Å². The number of carbonyl (C=O) groups excluding carboxylic acids is 1. The summed E-state index contributed by atoms with van der Waals surface area (Å²) in [6, 6.07) is 12.6. The highest BCUT2D eigenvalue weighted by Crippen LogP contribution is 2.22. The van der Waals surface area contributed by atoms with E-state index in [2.05, 4.69) is 21.2 Å². The van der Waals surface area contributed by atoms with E-state index in [4.69, 9.17) is 10.5 Å². The molecular formula is C16H17BrN2O2. The summed E-state index contributed by atoms with van der Waals surface area (Å²) >= 11 is 3.36. The number of amides is 1. The maximum absolute atomic E-state index is 12.3. The number of hydrogen-bond acceptors (Lipinski definition) is 3. The summed E-state index contributed by atoms with van der Waals surface area (Å²) in [5.74, 6) is 0.619. The van der Waals surface area contributed by atoms with Gasteiger partial charge < -0.3 is 15.8 Å². The smallest absolute Gasteiger partial charge is 0.252 e. The highest BCUT2D eigenvalue weighted by Gasteiger charge is 2.14. The van der Waals surface area contributed by atoms with E-state index in [0.29, 0.717) is 11.3 Å². The molecule has 2 aromatic rings. The minimum Gasteiger partial charge on any atom is -0.497 e. The molecule has 2 aromatic carbocycles. The summed E-state index contributed by atoms with van der Waals surface area (Å²) < 4.78 is 5.84. The molecule has 0 aliphatic rings. The summed E-state index contributed by atoms with van der Waals surface area (Å²) in [4.78, 5) is 12.3. The number of nitrogens with one attached hydrogen (secondary N) is 1. The van der Waals surface area contributed by atoms with Crippen LogP contribution < -0.4 is 15.8 Å². The molecule has 0 aromatic heterocycles. The van der Waals surface area contributed by atoms with Crippen LogP contribution in [0.1, 0.15) is 28.9 Å². The Morgan fingerprint density at radius 2 is 1.90 bits per heavy atom. The number of rotatable bonds is 4. The Hall–Kier alpha value is -2.01. The molecule has 1 atom stereocenters. The van der Waals surface area contributed by atoms with E-state index in [-0.39, 0.29) is 11.9 Å². The lowest BCUT2D eigenvalue weighted by molar-refractivity contribution is 0.0939. The number of anilines is 1. The van der Waals surface area contributed by atoms with Gasteiger partial charge in [0.25, 0.3) is 5.91 Å². The minimum absolute atomic E-state index is 0.114. The van der Waals surface area contributed by atoms with Crippen molar-refractivity contribution in [1.82, 2.24) is 5.32 Å². The monoisotopic (exact) mass is 348 g/mol. The Morgan fingerprint density at radius 1 is 1.24 bits per heavy atom. The second-order valence-electron chi connectivity index (χ2n) is 4.71. The number of nitrogens with two attached hydrogens (primary N) is 1. The van der Waals surface area contributed by atoms with Crippen molar-refractivity contribution >= 4 is 27.5 Å². The third-order valence-electron chi connectivity index (χ3n) is 3.20. The molecule has 0 radical (unpaired) electrons. The number of ether oxygens (including phenoxy) is 1. The highest BCUT2D eigenvalue weighted by atomic mass is 79.9. The second kappa shape index (κ2) is 6.63.